The number of anilines is 3. The first kappa shape index (κ1) is 48.8. The molecule has 0 atom stereocenters. The molecule has 0 bridgehead atoms. The molecule has 0 N–H and O–H groups in total. The maximum Gasteiger partial charge on any atom is 0.139 e. The van der Waals surface area contributed by atoms with E-state index in [0.29, 0.717) is 17.1 Å². The molecule has 67 heavy (non-hydrogen) atoms. The minimum atomic E-state index is -0.255. The topological polar surface area (TPSA) is 60.0 Å². The van der Waals surface area contributed by atoms with Crippen molar-refractivity contribution in [2.75, 3.05) is 4.90 Å². The predicted molar refractivity (Wildman–Crippen MR) is 284 cm³/mol. The Hall–Kier alpha value is -6.10. The van der Waals surface area contributed by atoms with Crippen LogP contribution in [0.2, 0.25) is 0 Å². The maximum absolute atomic E-state index is 10.2. The van der Waals surface area contributed by atoms with Crippen molar-refractivity contribution in [3.05, 3.63) is 165 Å². The Bertz CT molecular complexity index is 2880. The number of nitriles is 2. The summed E-state index contributed by atoms with van der Waals surface area (Å²) in [5.74, 6) is 1.27. The van der Waals surface area contributed by atoms with E-state index in [0.717, 1.165) is 46.5 Å². The number of benzene rings is 5. The molecule has 4 heteroatoms. The maximum atomic E-state index is 10.2. The van der Waals surface area contributed by atoms with Crippen LogP contribution in [0.1, 0.15) is 181 Å². The summed E-state index contributed by atoms with van der Waals surface area (Å²) in [6.45, 7) is 38.6. The second-order valence-electron chi connectivity index (χ2n) is 24.1. The SMILES string of the molecule is CCC1(CC)c2cc(C(C)(C)C)ccc2-c2c(N(c3ccc(/C=C/C4=CC(=C(C#N)C#N)c5cc(C(C)(C)C)cc(C(C)(C)C)c5O4)cc3)c3ccc(C(C)(C)C)cc3)cc(C(C)(C)C)cc21. The normalized spacial score (nSPS) is 14.7. The van der Waals surface area contributed by atoms with Gasteiger partial charge in [0.2, 0.25) is 0 Å². The average molecular weight is 888 g/mol. The minimum absolute atomic E-state index is 0.0148. The van der Waals surface area contributed by atoms with E-state index in [2.05, 4.69) is 232 Å². The fourth-order valence-corrected chi connectivity index (χ4v) is 9.86. The molecule has 0 spiro atoms. The summed E-state index contributed by atoms with van der Waals surface area (Å²) in [7, 11) is 0. The molecule has 1 heterocycles. The van der Waals surface area contributed by atoms with E-state index in [-0.39, 0.29) is 38.1 Å². The highest BCUT2D eigenvalue weighted by atomic mass is 16.5. The van der Waals surface area contributed by atoms with Crippen molar-refractivity contribution < 1.29 is 4.74 Å². The summed E-state index contributed by atoms with van der Waals surface area (Å²) < 4.78 is 6.74. The lowest BCUT2D eigenvalue weighted by atomic mass is 9.71. The number of allylic oxidation sites excluding steroid dienone is 4. The smallest absolute Gasteiger partial charge is 0.139 e. The highest BCUT2D eigenvalue weighted by Crippen LogP contribution is 2.59. The van der Waals surface area contributed by atoms with Gasteiger partial charge in [-0.3, -0.25) is 0 Å². The van der Waals surface area contributed by atoms with Crippen LogP contribution in [0.25, 0.3) is 22.8 Å². The number of nitrogens with zero attached hydrogens (tertiary/aromatic N) is 3. The molecule has 7 rings (SSSR count). The van der Waals surface area contributed by atoms with E-state index in [1.54, 1.807) is 0 Å². The van der Waals surface area contributed by atoms with Crippen LogP contribution in [0.4, 0.5) is 17.1 Å². The van der Waals surface area contributed by atoms with E-state index >= 15 is 0 Å². The molecule has 0 amide bonds. The molecule has 1 aliphatic carbocycles. The molecule has 5 aromatic rings. The number of rotatable bonds is 7. The molecule has 2 aliphatic rings. The van der Waals surface area contributed by atoms with Gasteiger partial charge in [0.15, 0.2) is 0 Å². The molecule has 0 fully saturated rings. The fraction of sp³-hybridized carbons (Fsp3) is 0.397. The zero-order valence-corrected chi connectivity index (χ0v) is 43.6. The van der Waals surface area contributed by atoms with E-state index < -0.39 is 0 Å². The standard InChI is InChI=1S/C63H73N3O/c1-18-63(19-2)52-33-43(59(6,7)8)25-31-49(52)56-53(63)34-45(61(12,13)14)36-55(56)66(47-28-23-42(24-29-47)58(3,4)5)46-26-20-40(21-27-46)22-30-48-37-50(41(38-64)39-65)51-32-44(60(9,10)11)35-54(57(51)67-48)62(15,16)17/h20-37H,18-19H2,1-17H3/b30-22+. The lowest BCUT2D eigenvalue weighted by Gasteiger charge is -2.34. The number of hydrogen-bond donors (Lipinski definition) is 0. The second-order valence-corrected chi connectivity index (χ2v) is 24.1. The summed E-state index contributed by atoms with van der Waals surface area (Å²) in [4.78, 5) is 2.48. The Morgan fingerprint density at radius 2 is 1.06 bits per heavy atom. The third-order valence-electron chi connectivity index (χ3n) is 14.3. The van der Waals surface area contributed by atoms with E-state index in [4.69, 9.17) is 4.74 Å². The lowest BCUT2D eigenvalue weighted by Crippen LogP contribution is -2.25. The van der Waals surface area contributed by atoms with Crippen LogP contribution in [-0.2, 0) is 32.5 Å². The van der Waals surface area contributed by atoms with Gasteiger partial charge in [-0.2, -0.15) is 10.5 Å². The number of fused-ring (bicyclic) bond motifs is 4. The molecule has 5 aromatic carbocycles. The van der Waals surface area contributed by atoms with E-state index in [9.17, 15) is 10.5 Å². The van der Waals surface area contributed by atoms with Crippen LogP contribution < -0.4 is 9.64 Å². The second kappa shape index (κ2) is 17.2. The van der Waals surface area contributed by atoms with Gasteiger partial charge in [0.25, 0.3) is 0 Å². The van der Waals surface area contributed by atoms with Crippen molar-refractivity contribution in [1.82, 2.24) is 0 Å². The molecule has 0 saturated heterocycles. The molecule has 4 nitrogen and oxygen atoms in total. The summed E-state index contributed by atoms with van der Waals surface area (Å²) in [5.41, 5.74) is 16.9. The highest BCUT2D eigenvalue weighted by molar-refractivity contribution is 5.96. The van der Waals surface area contributed by atoms with Crippen LogP contribution in [0.3, 0.4) is 0 Å². The van der Waals surface area contributed by atoms with Gasteiger partial charge in [0.05, 0.1) is 5.69 Å². The van der Waals surface area contributed by atoms with Gasteiger partial charge in [-0.05, 0) is 133 Å². The van der Waals surface area contributed by atoms with E-state index in [1.807, 2.05) is 12.2 Å². The molecular weight excluding hydrogens is 815 g/mol. The molecule has 0 saturated carbocycles. The Kier molecular flexibility index (Phi) is 12.5. The van der Waals surface area contributed by atoms with Gasteiger partial charge in [-0.1, -0.05) is 178 Å². The van der Waals surface area contributed by atoms with Crippen LogP contribution in [0, 0.1) is 22.7 Å². The summed E-state index contributed by atoms with van der Waals surface area (Å²) in [5, 5.41) is 20.3. The van der Waals surface area contributed by atoms with Crippen LogP contribution in [-0.4, -0.2) is 0 Å². The van der Waals surface area contributed by atoms with Gasteiger partial charge >= 0.3 is 0 Å². The number of hydrogen-bond acceptors (Lipinski definition) is 4. The molecule has 1 aliphatic heterocycles. The van der Waals surface area contributed by atoms with Crippen molar-refractivity contribution >= 4 is 28.7 Å². The summed E-state index contributed by atoms with van der Waals surface area (Å²) in [6.07, 6.45) is 7.87. The Labute approximate surface area is 403 Å². The lowest BCUT2D eigenvalue weighted by molar-refractivity contribution is 0.418. The third kappa shape index (κ3) is 9.18. The van der Waals surface area contributed by atoms with Gasteiger partial charge in [-0.15, -0.1) is 0 Å². The predicted octanol–water partition coefficient (Wildman–Crippen LogP) is 17.5. The molecule has 0 radical (unpaired) electrons. The molecule has 0 unspecified atom stereocenters. The first-order chi connectivity index (χ1) is 31.2. The van der Waals surface area contributed by atoms with Gasteiger partial charge in [0.1, 0.15) is 29.2 Å². The van der Waals surface area contributed by atoms with Crippen molar-refractivity contribution in [2.24, 2.45) is 0 Å². The minimum Gasteiger partial charge on any atom is -0.456 e. The van der Waals surface area contributed by atoms with Crippen molar-refractivity contribution in [1.29, 1.82) is 10.5 Å². The van der Waals surface area contributed by atoms with E-state index in [1.165, 1.54) is 44.6 Å². The quantitative estimate of drug-likeness (QED) is 0.153. The third-order valence-corrected chi connectivity index (χ3v) is 14.3. The largest absolute Gasteiger partial charge is 0.456 e. The van der Waals surface area contributed by atoms with Crippen molar-refractivity contribution in [3.63, 3.8) is 0 Å². The Morgan fingerprint density at radius 1 is 0.552 bits per heavy atom. The van der Waals surface area contributed by atoms with Crippen LogP contribution in [0.5, 0.6) is 5.75 Å². The van der Waals surface area contributed by atoms with Crippen molar-refractivity contribution in [3.8, 4) is 29.0 Å². The summed E-state index contributed by atoms with van der Waals surface area (Å²) >= 11 is 0. The first-order valence-electron chi connectivity index (χ1n) is 24.3. The Balaban J connectivity index is 1.40. The van der Waals surface area contributed by atoms with Crippen molar-refractivity contribution in [2.45, 2.75) is 163 Å². The van der Waals surface area contributed by atoms with Crippen LogP contribution in [0.15, 0.2) is 114 Å². The Morgan fingerprint density at radius 3 is 1.57 bits per heavy atom. The monoisotopic (exact) mass is 888 g/mol. The molecular formula is C63H73N3O. The summed E-state index contributed by atoms with van der Waals surface area (Å²) in [6, 6.07) is 38.9. The van der Waals surface area contributed by atoms with Gasteiger partial charge in [-0.25, -0.2) is 0 Å². The highest BCUT2D eigenvalue weighted by Gasteiger charge is 2.44. The zero-order chi connectivity index (χ0) is 49.2. The van der Waals surface area contributed by atoms with Crippen LogP contribution >= 0.6 is 0 Å². The first-order valence-corrected chi connectivity index (χ1v) is 24.3. The van der Waals surface area contributed by atoms with Gasteiger partial charge in [0, 0.05) is 39.1 Å². The number of ether oxygens (including phenoxy) is 1. The molecule has 346 valence electrons. The zero-order valence-electron chi connectivity index (χ0n) is 43.6. The van der Waals surface area contributed by atoms with Gasteiger partial charge < -0.3 is 9.64 Å². The average Bonchev–Trinajstić information content (AvgIpc) is 3.54. The fourth-order valence-electron chi connectivity index (χ4n) is 9.86. The molecule has 0 aromatic heterocycles.